The van der Waals surface area contributed by atoms with Gasteiger partial charge >= 0.3 is 12.0 Å². The number of carbonyl (C=O) groups is 2. The minimum atomic E-state index is -0.979. The van der Waals surface area contributed by atoms with Gasteiger partial charge in [-0.1, -0.05) is 35.9 Å². The number of amides is 2. The molecule has 3 rings (SSSR count). The van der Waals surface area contributed by atoms with Crippen LogP contribution in [-0.2, 0) is 6.61 Å². The van der Waals surface area contributed by atoms with Crippen LogP contribution in [0.15, 0.2) is 71.8 Å². The molecule has 3 N–H and O–H groups in total. The van der Waals surface area contributed by atoms with Gasteiger partial charge in [0.1, 0.15) is 6.61 Å². The number of hydrogen-bond donors (Lipinski definition) is 3. The lowest BCUT2D eigenvalue weighted by molar-refractivity contribution is 0.0696. The van der Waals surface area contributed by atoms with Crippen molar-refractivity contribution in [2.45, 2.75) is 6.61 Å². The molecule has 164 valence electrons. The lowest BCUT2D eigenvalue weighted by atomic mass is 10.1. The molecule has 2 amide bonds. The molecular formula is C23H20ClN3O5. The molecule has 32 heavy (non-hydrogen) atoms. The molecule has 9 heteroatoms. The number of anilines is 1. The largest absolute Gasteiger partial charge is 0.493 e. The van der Waals surface area contributed by atoms with Crippen LogP contribution in [-0.4, -0.2) is 30.4 Å². The van der Waals surface area contributed by atoms with Gasteiger partial charge in [0.15, 0.2) is 11.5 Å². The van der Waals surface area contributed by atoms with Gasteiger partial charge < -0.3 is 19.9 Å². The maximum atomic E-state index is 11.9. The Morgan fingerprint density at radius 2 is 1.81 bits per heavy atom. The second-order valence-corrected chi connectivity index (χ2v) is 6.91. The van der Waals surface area contributed by atoms with E-state index in [4.69, 9.17) is 26.2 Å². The van der Waals surface area contributed by atoms with Crippen molar-refractivity contribution in [2.24, 2.45) is 5.10 Å². The van der Waals surface area contributed by atoms with Crippen molar-refractivity contribution in [2.75, 3.05) is 12.4 Å². The molecule has 0 unspecified atom stereocenters. The van der Waals surface area contributed by atoms with Gasteiger partial charge in [-0.25, -0.2) is 15.0 Å². The topological polar surface area (TPSA) is 109 Å². The Balaban J connectivity index is 1.57. The van der Waals surface area contributed by atoms with E-state index in [-0.39, 0.29) is 12.2 Å². The van der Waals surface area contributed by atoms with Gasteiger partial charge in [0.25, 0.3) is 0 Å². The van der Waals surface area contributed by atoms with Crippen molar-refractivity contribution in [3.8, 4) is 11.5 Å². The van der Waals surface area contributed by atoms with E-state index in [0.29, 0.717) is 27.8 Å². The summed E-state index contributed by atoms with van der Waals surface area (Å²) < 4.78 is 11.1. The lowest BCUT2D eigenvalue weighted by Gasteiger charge is -2.11. The Morgan fingerprint density at radius 1 is 1.06 bits per heavy atom. The summed E-state index contributed by atoms with van der Waals surface area (Å²) in [7, 11) is 1.51. The predicted molar refractivity (Wildman–Crippen MR) is 122 cm³/mol. The number of rotatable bonds is 8. The van der Waals surface area contributed by atoms with E-state index in [1.807, 2.05) is 0 Å². The van der Waals surface area contributed by atoms with Crippen LogP contribution < -0.4 is 20.2 Å². The average molecular weight is 454 g/mol. The molecule has 0 aliphatic heterocycles. The number of aromatic carboxylic acids is 1. The first-order valence-corrected chi connectivity index (χ1v) is 9.81. The number of methoxy groups -OCH3 is 1. The summed E-state index contributed by atoms with van der Waals surface area (Å²) in [6, 6.07) is 17.9. The van der Waals surface area contributed by atoms with Crippen LogP contribution in [0, 0.1) is 0 Å². The zero-order chi connectivity index (χ0) is 22.9. The number of para-hydroxylation sites is 1. The van der Waals surface area contributed by atoms with E-state index >= 15 is 0 Å². The second kappa shape index (κ2) is 10.8. The summed E-state index contributed by atoms with van der Waals surface area (Å²) in [5, 5.41) is 15.9. The molecule has 0 radical (unpaired) electrons. The Kier molecular flexibility index (Phi) is 7.66. The van der Waals surface area contributed by atoms with Crippen LogP contribution in [0.4, 0.5) is 10.5 Å². The Labute approximate surface area is 189 Å². The van der Waals surface area contributed by atoms with Crippen molar-refractivity contribution in [1.82, 2.24) is 5.43 Å². The van der Waals surface area contributed by atoms with Crippen LogP contribution in [0.5, 0.6) is 11.5 Å². The van der Waals surface area contributed by atoms with Crippen LogP contribution in [0.2, 0.25) is 5.02 Å². The molecule has 0 saturated carbocycles. The number of carboxylic acid groups (broad SMARTS) is 1. The standard InChI is InChI=1S/C23H20ClN3O5/c1-31-21-12-16(13-25-27-23(30)26-19-5-3-2-4-18(19)24)8-11-20(21)32-14-15-6-9-17(10-7-15)22(28)29/h2-13H,14H2,1H3,(H,28,29)(H2,26,27,30)/b25-13+. The molecule has 0 aliphatic carbocycles. The fourth-order valence-electron chi connectivity index (χ4n) is 2.67. The first kappa shape index (κ1) is 22.6. The quantitative estimate of drug-likeness (QED) is 0.336. The van der Waals surface area contributed by atoms with E-state index < -0.39 is 12.0 Å². The maximum Gasteiger partial charge on any atom is 0.339 e. The molecule has 0 atom stereocenters. The average Bonchev–Trinajstić information content (AvgIpc) is 2.80. The van der Waals surface area contributed by atoms with Crippen molar-refractivity contribution in [1.29, 1.82) is 0 Å². The number of nitrogens with zero attached hydrogens (tertiary/aromatic N) is 1. The summed E-state index contributed by atoms with van der Waals surface area (Å²) in [4.78, 5) is 22.9. The smallest absolute Gasteiger partial charge is 0.339 e. The van der Waals surface area contributed by atoms with E-state index in [0.717, 1.165) is 5.56 Å². The van der Waals surface area contributed by atoms with Crippen molar-refractivity contribution < 1.29 is 24.2 Å². The molecule has 0 spiro atoms. The van der Waals surface area contributed by atoms with Gasteiger partial charge in [0.05, 0.1) is 29.6 Å². The highest BCUT2D eigenvalue weighted by molar-refractivity contribution is 6.33. The normalized spacial score (nSPS) is 10.6. The molecule has 0 fully saturated rings. The Morgan fingerprint density at radius 3 is 2.50 bits per heavy atom. The predicted octanol–water partition coefficient (Wildman–Crippen LogP) is 4.78. The summed E-state index contributed by atoms with van der Waals surface area (Å²) >= 11 is 6.00. The molecule has 0 bridgehead atoms. The van der Waals surface area contributed by atoms with Gasteiger partial charge in [-0.2, -0.15) is 5.10 Å². The number of hydrogen-bond acceptors (Lipinski definition) is 5. The minimum Gasteiger partial charge on any atom is -0.493 e. The monoisotopic (exact) mass is 453 g/mol. The Bertz CT molecular complexity index is 1130. The van der Waals surface area contributed by atoms with Crippen LogP contribution in [0.1, 0.15) is 21.5 Å². The van der Waals surface area contributed by atoms with E-state index in [1.165, 1.54) is 25.5 Å². The van der Waals surface area contributed by atoms with Crippen molar-refractivity contribution >= 4 is 35.5 Å². The van der Waals surface area contributed by atoms with Crippen LogP contribution in [0.3, 0.4) is 0 Å². The summed E-state index contributed by atoms with van der Waals surface area (Å²) in [6.45, 7) is 0.244. The minimum absolute atomic E-state index is 0.212. The van der Waals surface area contributed by atoms with Gasteiger partial charge in [0.2, 0.25) is 0 Å². The van der Waals surface area contributed by atoms with Crippen molar-refractivity contribution in [3.63, 3.8) is 0 Å². The highest BCUT2D eigenvalue weighted by Gasteiger charge is 2.07. The molecular weight excluding hydrogens is 434 g/mol. The van der Waals surface area contributed by atoms with Gasteiger partial charge in [-0.3, -0.25) is 0 Å². The van der Waals surface area contributed by atoms with Gasteiger partial charge in [-0.15, -0.1) is 0 Å². The summed E-state index contributed by atoms with van der Waals surface area (Å²) in [5.74, 6) is 0.0141. The molecule has 8 nitrogen and oxygen atoms in total. The van der Waals surface area contributed by atoms with Crippen molar-refractivity contribution in [3.05, 3.63) is 88.4 Å². The maximum absolute atomic E-state index is 11.9. The van der Waals surface area contributed by atoms with Gasteiger partial charge in [0, 0.05) is 0 Å². The first-order valence-electron chi connectivity index (χ1n) is 9.44. The molecule has 3 aromatic carbocycles. The number of benzene rings is 3. The number of hydrazone groups is 1. The number of urea groups is 1. The molecule has 3 aromatic rings. The van der Waals surface area contributed by atoms with Gasteiger partial charge in [-0.05, 0) is 53.6 Å². The zero-order valence-corrected chi connectivity index (χ0v) is 17.8. The summed E-state index contributed by atoms with van der Waals surface area (Å²) in [6.07, 6.45) is 1.46. The molecule has 0 heterocycles. The number of nitrogens with one attached hydrogen (secondary N) is 2. The SMILES string of the molecule is COc1cc(/C=N/NC(=O)Nc2ccccc2Cl)ccc1OCc1ccc(C(=O)O)cc1. The number of carbonyl (C=O) groups excluding carboxylic acids is 1. The van der Waals surface area contributed by atoms with Crippen LogP contribution in [0.25, 0.3) is 0 Å². The first-order chi connectivity index (χ1) is 15.5. The zero-order valence-electron chi connectivity index (χ0n) is 17.0. The van der Waals surface area contributed by atoms with Crippen LogP contribution >= 0.6 is 11.6 Å². The number of ether oxygens (including phenoxy) is 2. The fraction of sp³-hybridized carbons (Fsp3) is 0.0870. The Hall–Kier alpha value is -4.04. The van der Waals surface area contributed by atoms with E-state index in [2.05, 4.69) is 15.8 Å². The highest BCUT2D eigenvalue weighted by atomic mass is 35.5. The third-order valence-electron chi connectivity index (χ3n) is 4.28. The number of halogens is 1. The highest BCUT2D eigenvalue weighted by Crippen LogP contribution is 2.28. The molecule has 0 aromatic heterocycles. The fourth-order valence-corrected chi connectivity index (χ4v) is 2.85. The lowest BCUT2D eigenvalue weighted by Crippen LogP contribution is -2.24. The molecule has 0 saturated heterocycles. The third kappa shape index (κ3) is 6.23. The molecule has 0 aliphatic rings. The second-order valence-electron chi connectivity index (χ2n) is 6.51. The summed E-state index contributed by atoms with van der Waals surface area (Å²) in [5.41, 5.74) is 4.55. The third-order valence-corrected chi connectivity index (χ3v) is 4.61. The van der Waals surface area contributed by atoms with E-state index in [9.17, 15) is 9.59 Å². The van der Waals surface area contributed by atoms with E-state index in [1.54, 1.807) is 54.6 Å². The number of carboxylic acids is 1.